The van der Waals surface area contributed by atoms with Crippen molar-refractivity contribution in [1.82, 2.24) is 0 Å². The van der Waals surface area contributed by atoms with Crippen molar-refractivity contribution in [2.24, 2.45) is 5.92 Å². The molecule has 36 heavy (non-hydrogen) atoms. The van der Waals surface area contributed by atoms with Crippen molar-refractivity contribution < 1.29 is 23.0 Å². The van der Waals surface area contributed by atoms with Gasteiger partial charge in [0.05, 0.1) is 19.8 Å². The predicted molar refractivity (Wildman–Crippen MR) is 142 cm³/mol. The number of hydrogen-bond acceptors (Lipinski definition) is 3. The third kappa shape index (κ3) is 8.85. The Kier molecular flexibility index (Phi) is 12.7. The van der Waals surface area contributed by atoms with Crippen LogP contribution in [-0.2, 0) is 9.47 Å². The first-order valence-corrected chi connectivity index (χ1v) is 14.1. The highest BCUT2D eigenvalue weighted by Gasteiger charge is 2.23. The summed E-state index contributed by atoms with van der Waals surface area (Å²) in [5, 5.41) is 0. The van der Waals surface area contributed by atoms with Crippen LogP contribution in [0.15, 0.2) is 36.4 Å². The smallest absolute Gasteiger partial charge is 0.201 e. The lowest BCUT2D eigenvalue weighted by Crippen LogP contribution is -2.27. The summed E-state index contributed by atoms with van der Waals surface area (Å²) in [6, 6.07) is 10.4. The van der Waals surface area contributed by atoms with Gasteiger partial charge in [0.25, 0.3) is 0 Å². The third-order valence-corrected chi connectivity index (χ3v) is 6.98. The summed E-state index contributed by atoms with van der Waals surface area (Å²) in [5.41, 5.74) is 1.72. The zero-order valence-corrected chi connectivity index (χ0v) is 22.2. The fraction of sp³-hybridized carbons (Fsp3) is 0.613. The van der Waals surface area contributed by atoms with Gasteiger partial charge in [-0.1, -0.05) is 102 Å². The zero-order chi connectivity index (χ0) is 25.6. The molecule has 1 fully saturated rings. The Hall–Kier alpha value is -1.98. The molecular formula is C31H44F2O3. The van der Waals surface area contributed by atoms with E-state index >= 15 is 0 Å². The van der Waals surface area contributed by atoms with Crippen LogP contribution in [0.2, 0.25) is 0 Å². The quantitative estimate of drug-likeness (QED) is 0.214. The molecule has 0 aliphatic carbocycles. The summed E-state index contributed by atoms with van der Waals surface area (Å²) < 4.78 is 46.8. The third-order valence-electron chi connectivity index (χ3n) is 6.98. The van der Waals surface area contributed by atoms with Gasteiger partial charge in [-0.2, -0.15) is 4.39 Å². The van der Waals surface area contributed by atoms with Gasteiger partial charge in [0.1, 0.15) is 0 Å². The predicted octanol–water partition coefficient (Wildman–Crippen LogP) is 9.39. The first-order chi connectivity index (χ1) is 17.6. The molecule has 0 unspecified atom stereocenters. The van der Waals surface area contributed by atoms with Gasteiger partial charge in [0, 0.05) is 17.0 Å². The molecule has 1 aliphatic heterocycles. The van der Waals surface area contributed by atoms with Crippen LogP contribution in [0.5, 0.6) is 5.75 Å². The average molecular weight is 503 g/mol. The van der Waals surface area contributed by atoms with Gasteiger partial charge < -0.3 is 14.2 Å². The van der Waals surface area contributed by atoms with Crippen LogP contribution >= 0.6 is 0 Å². The minimum atomic E-state index is -0.932. The van der Waals surface area contributed by atoms with E-state index < -0.39 is 17.9 Å². The van der Waals surface area contributed by atoms with Gasteiger partial charge in [-0.15, -0.1) is 0 Å². The second-order valence-electron chi connectivity index (χ2n) is 10.0. The highest BCUT2D eigenvalue weighted by molar-refractivity contribution is 5.65. The largest absolute Gasteiger partial charge is 0.490 e. The van der Waals surface area contributed by atoms with E-state index in [1.807, 2.05) is 12.1 Å². The molecule has 0 radical (unpaired) electrons. The Labute approximate surface area is 216 Å². The summed E-state index contributed by atoms with van der Waals surface area (Å²) in [4.78, 5) is 0. The van der Waals surface area contributed by atoms with Crippen molar-refractivity contribution in [3.63, 3.8) is 0 Å². The lowest BCUT2D eigenvalue weighted by molar-refractivity contribution is -0.206. The maximum absolute atomic E-state index is 14.8. The van der Waals surface area contributed by atoms with Gasteiger partial charge in [-0.25, -0.2) is 4.39 Å². The molecular weight excluding hydrogens is 458 g/mol. The molecule has 0 bridgehead atoms. The number of halogens is 2. The van der Waals surface area contributed by atoms with E-state index in [4.69, 9.17) is 14.2 Å². The van der Waals surface area contributed by atoms with E-state index in [1.165, 1.54) is 51.0 Å². The molecule has 3 rings (SSSR count). The van der Waals surface area contributed by atoms with Gasteiger partial charge in [0.2, 0.25) is 5.82 Å². The summed E-state index contributed by atoms with van der Waals surface area (Å²) >= 11 is 0. The number of hydrogen-bond donors (Lipinski definition) is 0. The van der Waals surface area contributed by atoms with E-state index in [1.54, 1.807) is 18.2 Å². The molecule has 1 saturated heterocycles. The Morgan fingerprint density at radius 2 is 1.33 bits per heavy atom. The van der Waals surface area contributed by atoms with Crippen molar-refractivity contribution in [2.45, 2.75) is 97.2 Å². The monoisotopic (exact) mass is 502 g/mol. The molecule has 0 N–H and O–H groups in total. The number of benzene rings is 2. The molecule has 0 amide bonds. The maximum atomic E-state index is 14.8. The topological polar surface area (TPSA) is 27.7 Å². The Bertz CT molecular complexity index is 876. The second kappa shape index (κ2) is 16.0. The summed E-state index contributed by atoms with van der Waals surface area (Å²) in [6.07, 6.45) is 14.0. The number of rotatable bonds is 16. The molecule has 2 aromatic rings. The van der Waals surface area contributed by atoms with Crippen molar-refractivity contribution >= 4 is 0 Å². The zero-order valence-electron chi connectivity index (χ0n) is 22.2. The van der Waals surface area contributed by atoms with E-state index in [9.17, 15) is 8.78 Å². The summed E-state index contributed by atoms with van der Waals surface area (Å²) in [7, 11) is 0. The Balaban J connectivity index is 1.45. The Morgan fingerprint density at radius 1 is 0.722 bits per heavy atom. The van der Waals surface area contributed by atoms with Crippen LogP contribution in [0.1, 0.15) is 103 Å². The van der Waals surface area contributed by atoms with E-state index in [2.05, 4.69) is 13.8 Å². The van der Waals surface area contributed by atoms with Crippen molar-refractivity contribution in [2.75, 3.05) is 19.8 Å². The summed E-state index contributed by atoms with van der Waals surface area (Å²) in [6.45, 7) is 6.16. The lowest BCUT2D eigenvalue weighted by Gasteiger charge is -2.29. The normalized spacial score (nSPS) is 17.9. The summed E-state index contributed by atoms with van der Waals surface area (Å²) in [5.74, 6) is -1.40. The minimum Gasteiger partial charge on any atom is -0.490 e. The Morgan fingerprint density at radius 3 is 2.00 bits per heavy atom. The standard InChI is InChI=1S/C31H44F2O3/c1-3-5-7-9-10-11-12-14-24-22-35-31(36-23-24)26-17-15-25(16-18-26)27-19-20-28(30(33)29(27)32)34-21-13-8-6-4-2/h15-20,24,31H,3-14,21-23H2,1-2H3. The number of unbranched alkanes of at least 4 members (excludes halogenated alkanes) is 9. The van der Waals surface area contributed by atoms with Crippen LogP contribution in [0.4, 0.5) is 8.78 Å². The second-order valence-corrected chi connectivity index (χ2v) is 10.0. The van der Waals surface area contributed by atoms with E-state index in [0.29, 0.717) is 31.3 Å². The molecule has 1 heterocycles. The van der Waals surface area contributed by atoms with Gasteiger partial charge >= 0.3 is 0 Å². The van der Waals surface area contributed by atoms with E-state index in [-0.39, 0.29) is 11.3 Å². The molecule has 5 heteroatoms. The first-order valence-electron chi connectivity index (χ1n) is 14.1. The van der Waals surface area contributed by atoms with Gasteiger partial charge in [-0.3, -0.25) is 0 Å². The van der Waals surface area contributed by atoms with Crippen molar-refractivity contribution in [1.29, 1.82) is 0 Å². The SMILES string of the molecule is CCCCCCCCCC1COC(c2ccc(-c3ccc(OCCCCCC)c(F)c3F)cc2)OC1. The van der Waals surface area contributed by atoms with E-state index in [0.717, 1.165) is 37.7 Å². The van der Waals surface area contributed by atoms with Crippen LogP contribution < -0.4 is 4.74 Å². The fourth-order valence-corrected chi connectivity index (χ4v) is 4.69. The highest BCUT2D eigenvalue weighted by atomic mass is 19.2. The van der Waals surface area contributed by atoms with Crippen LogP contribution in [-0.4, -0.2) is 19.8 Å². The first kappa shape index (κ1) is 28.6. The maximum Gasteiger partial charge on any atom is 0.201 e. The van der Waals surface area contributed by atoms with Crippen molar-refractivity contribution in [3.05, 3.63) is 53.6 Å². The number of ether oxygens (including phenoxy) is 3. The molecule has 0 spiro atoms. The van der Waals surface area contributed by atoms with Crippen LogP contribution in [0.3, 0.4) is 0 Å². The molecule has 2 aromatic carbocycles. The lowest BCUT2D eigenvalue weighted by atomic mass is 10.00. The van der Waals surface area contributed by atoms with Crippen molar-refractivity contribution in [3.8, 4) is 16.9 Å². The van der Waals surface area contributed by atoms with Crippen LogP contribution in [0.25, 0.3) is 11.1 Å². The highest BCUT2D eigenvalue weighted by Crippen LogP contribution is 2.32. The molecule has 200 valence electrons. The van der Waals surface area contributed by atoms with Gasteiger partial charge in [-0.05, 0) is 30.5 Å². The fourth-order valence-electron chi connectivity index (χ4n) is 4.69. The van der Waals surface area contributed by atoms with Crippen LogP contribution in [0, 0.1) is 17.6 Å². The molecule has 0 aromatic heterocycles. The molecule has 1 aliphatic rings. The molecule has 3 nitrogen and oxygen atoms in total. The van der Waals surface area contributed by atoms with Gasteiger partial charge in [0.15, 0.2) is 17.9 Å². The molecule has 0 atom stereocenters. The molecule has 0 saturated carbocycles. The average Bonchev–Trinajstić information content (AvgIpc) is 2.91. The minimum absolute atomic E-state index is 0.0283.